The zero-order valence-electron chi connectivity index (χ0n) is 18.2. The Hall–Kier alpha value is -3.62. The topological polar surface area (TPSA) is 81.1 Å². The predicted octanol–water partition coefficient (Wildman–Crippen LogP) is 4.86. The molecule has 3 aromatic rings. The number of rotatable bonds is 4. The second kappa shape index (κ2) is 7.75. The third-order valence-corrected chi connectivity index (χ3v) is 6.16. The summed E-state index contributed by atoms with van der Waals surface area (Å²) in [6.07, 6.45) is 3.80. The minimum atomic E-state index is -4.64. The van der Waals surface area contributed by atoms with Gasteiger partial charge in [0.05, 0.1) is 28.7 Å². The molecule has 0 fully saturated rings. The first-order chi connectivity index (χ1) is 15.8. The molecule has 6 nitrogen and oxygen atoms in total. The molecule has 0 radical (unpaired) electrons. The van der Waals surface area contributed by atoms with E-state index < -0.39 is 11.9 Å². The summed E-state index contributed by atoms with van der Waals surface area (Å²) >= 11 is 0. The fourth-order valence-electron chi connectivity index (χ4n) is 4.66. The predicted molar refractivity (Wildman–Crippen MR) is 122 cm³/mol. The number of nitrogen functional groups attached to an aromatic ring is 1. The Labute approximate surface area is 189 Å². The van der Waals surface area contributed by atoms with Crippen LogP contribution in [0.3, 0.4) is 0 Å². The van der Waals surface area contributed by atoms with Crippen molar-refractivity contribution >= 4 is 18.0 Å². The van der Waals surface area contributed by atoms with Gasteiger partial charge in [0, 0.05) is 24.0 Å². The molecule has 9 heteroatoms. The molecule has 1 aliphatic carbocycles. The summed E-state index contributed by atoms with van der Waals surface area (Å²) < 4.78 is 43.5. The summed E-state index contributed by atoms with van der Waals surface area (Å²) in [5, 5.41) is 8.10. The van der Waals surface area contributed by atoms with Crippen LogP contribution in [0.2, 0.25) is 0 Å². The highest BCUT2D eigenvalue weighted by atomic mass is 19.4. The normalized spacial score (nSPS) is 18.8. The molecule has 3 heterocycles. The molecular formula is C24H23F3N6. The lowest BCUT2D eigenvalue weighted by Gasteiger charge is -2.26. The van der Waals surface area contributed by atoms with Crippen molar-refractivity contribution in [3.05, 3.63) is 64.6 Å². The Morgan fingerprint density at radius 2 is 2.06 bits per heavy atom. The second-order valence-electron chi connectivity index (χ2n) is 8.36. The van der Waals surface area contributed by atoms with Crippen LogP contribution in [-0.4, -0.2) is 27.0 Å². The summed E-state index contributed by atoms with van der Waals surface area (Å²) in [5.41, 5.74) is 12.6. The average Bonchev–Trinajstić information content (AvgIpc) is 3.42. The number of nitrogens with one attached hydrogen (secondary N) is 1. The van der Waals surface area contributed by atoms with E-state index in [-0.39, 0.29) is 17.5 Å². The van der Waals surface area contributed by atoms with E-state index in [1.807, 2.05) is 32.2 Å². The molecule has 2 atom stereocenters. The number of nitrogens with two attached hydrogens (primary N) is 1. The molecule has 3 N–H and O–H groups in total. The summed E-state index contributed by atoms with van der Waals surface area (Å²) in [4.78, 5) is 4.77. The number of hydrogen-bond acceptors (Lipinski definition) is 5. The standard InChI is InChI=1S/C24H23F3N6/c1-3-5-16-13(2)21-17-11-29-31-19(17)8-9-20(21)30-22(16)18-12-33(32-23(18)24(25,26)27)15-7-4-6-14(28)10-15/h4,6-12,17,19,31H,3,5,28H2,1-2H3. The fraction of sp³-hybridized carbons (Fsp3) is 0.292. The van der Waals surface area contributed by atoms with Gasteiger partial charge in [-0.05, 0) is 54.3 Å². The minimum Gasteiger partial charge on any atom is -0.399 e. The Balaban J connectivity index is 1.75. The van der Waals surface area contributed by atoms with Gasteiger partial charge in [0.15, 0.2) is 5.69 Å². The number of pyridine rings is 1. The summed E-state index contributed by atoms with van der Waals surface area (Å²) in [5.74, 6) is 0.0132. The summed E-state index contributed by atoms with van der Waals surface area (Å²) in [7, 11) is 0. The van der Waals surface area contributed by atoms with Crippen LogP contribution in [-0.2, 0) is 12.6 Å². The molecule has 2 unspecified atom stereocenters. The molecule has 33 heavy (non-hydrogen) atoms. The van der Waals surface area contributed by atoms with Crippen LogP contribution in [0.25, 0.3) is 23.0 Å². The van der Waals surface area contributed by atoms with E-state index >= 15 is 0 Å². The molecular weight excluding hydrogens is 429 g/mol. The van der Waals surface area contributed by atoms with Crippen molar-refractivity contribution in [1.29, 1.82) is 0 Å². The minimum absolute atomic E-state index is 0.0132. The number of hydrazone groups is 1. The summed E-state index contributed by atoms with van der Waals surface area (Å²) in [6.45, 7) is 3.97. The van der Waals surface area contributed by atoms with Crippen LogP contribution in [0.1, 0.15) is 47.3 Å². The third-order valence-electron chi connectivity index (χ3n) is 6.16. The third kappa shape index (κ3) is 3.57. The maximum atomic E-state index is 14.1. The highest BCUT2D eigenvalue weighted by Crippen LogP contribution is 2.42. The van der Waals surface area contributed by atoms with Gasteiger partial charge in [0.2, 0.25) is 0 Å². The maximum absolute atomic E-state index is 14.1. The number of aromatic nitrogens is 3. The van der Waals surface area contributed by atoms with Gasteiger partial charge >= 0.3 is 6.18 Å². The summed E-state index contributed by atoms with van der Waals surface area (Å²) in [6, 6.07) is 6.65. The second-order valence-corrected chi connectivity index (χ2v) is 8.36. The lowest BCUT2D eigenvalue weighted by molar-refractivity contribution is -0.140. The van der Waals surface area contributed by atoms with Crippen LogP contribution in [0.15, 0.2) is 41.6 Å². The quantitative estimate of drug-likeness (QED) is 0.554. The first-order valence-corrected chi connectivity index (χ1v) is 10.8. The zero-order chi connectivity index (χ0) is 23.3. The monoisotopic (exact) mass is 452 g/mol. The van der Waals surface area contributed by atoms with Gasteiger partial charge in [-0.25, -0.2) is 9.67 Å². The van der Waals surface area contributed by atoms with E-state index in [1.165, 1.54) is 10.9 Å². The lowest BCUT2D eigenvalue weighted by atomic mass is 9.82. The van der Waals surface area contributed by atoms with Crippen molar-refractivity contribution in [2.45, 2.75) is 44.8 Å². The van der Waals surface area contributed by atoms with Crippen molar-refractivity contribution in [1.82, 2.24) is 20.2 Å². The molecule has 170 valence electrons. The van der Waals surface area contributed by atoms with Crippen molar-refractivity contribution in [3.63, 3.8) is 0 Å². The zero-order valence-corrected chi connectivity index (χ0v) is 18.2. The average molecular weight is 452 g/mol. The molecule has 0 saturated heterocycles. The van der Waals surface area contributed by atoms with Gasteiger partial charge in [-0.1, -0.05) is 25.5 Å². The molecule has 0 spiro atoms. The van der Waals surface area contributed by atoms with Crippen LogP contribution >= 0.6 is 0 Å². The molecule has 5 rings (SSSR count). The van der Waals surface area contributed by atoms with Crippen molar-refractivity contribution in [2.24, 2.45) is 5.10 Å². The van der Waals surface area contributed by atoms with Crippen LogP contribution < -0.4 is 11.2 Å². The highest BCUT2D eigenvalue weighted by Gasteiger charge is 2.40. The van der Waals surface area contributed by atoms with E-state index in [0.717, 1.165) is 23.1 Å². The van der Waals surface area contributed by atoms with E-state index in [4.69, 9.17) is 10.7 Å². The van der Waals surface area contributed by atoms with E-state index in [2.05, 4.69) is 15.6 Å². The van der Waals surface area contributed by atoms with Crippen molar-refractivity contribution in [2.75, 3.05) is 5.73 Å². The number of alkyl halides is 3. The smallest absolute Gasteiger partial charge is 0.399 e. The highest BCUT2D eigenvalue weighted by molar-refractivity contribution is 5.80. The number of fused-ring (bicyclic) bond motifs is 3. The first kappa shape index (κ1) is 21.2. The van der Waals surface area contributed by atoms with E-state index in [0.29, 0.717) is 29.2 Å². The van der Waals surface area contributed by atoms with Crippen LogP contribution in [0.4, 0.5) is 18.9 Å². The van der Waals surface area contributed by atoms with Gasteiger partial charge in [-0.3, -0.25) is 0 Å². The molecule has 0 bridgehead atoms. The number of nitrogens with zero attached hydrogens (tertiary/aromatic N) is 4. The SMILES string of the molecule is CCCc1c(-c2cn(-c3cccc(N)c3)nc2C(F)(F)F)nc2c(c1C)C1C=NNC1C=C2. The number of hydrogen-bond donors (Lipinski definition) is 2. The molecule has 1 aliphatic heterocycles. The van der Waals surface area contributed by atoms with Crippen LogP contribution in [0, 0.1) is 6.92 Å². The Morgan fingerprint density at radius 3 is 2.79 bits per heavy atom. The maximum Gasteiger partial charge on any atom is 0.435 e. The van der Waals surface area contributed by atoms with Crippen LogP contribution in [0.5, 0.6) is 0 Å². The first-order valence-electron chi connectivity index (χ1n) is 10.8. The van der Waals surface area contributed by atoms with E-state index in [9.17, 15) is 13.2 Å². The molecule has 2 aliphatic rings. The number of benzene rings is 1. The lowest BCUT2D eigenvalue weighted by Crippen LogP contribution is -2.28. The molecule has 2 aromatic heterocycles. The fourth-order valence-corrected chi connectivity index (χ4v) is 4.66. The van der Waals surface area contributed by atoms with Gasteiger partial charge in [0.1, 0.15) is 0 Å². The Kier molecular flexibility index (Phi) is 4.99. The molecule has 1 aromatic carbocycles. The largest absolute Gasteiger partial charge is 0.435 e. The number of anilines is 1. The van der Waals surface area contributed by atoms with Gasteiger partial charge in [0.25, 0.3) is 0 Å². The number of halogens is 3. The van der Waals surface area contributed by atoms with Gasteiger partial charge in [-0.15, -0.1) is 0 Å². The molecule has 0 amide bonds. The van der Waals surface area contributed by atoms with Gasteiger partial charge in [-0.2, -0.15) is 23.4 Å². The van der Waals surface area contributed by atoms with Crippen molar-refractivity contribution < 1.29 is 13.2 Å². The van der Waals surface area contributed by atoms with Gasteiger partial charge < -0.3 is 11.2 Å². The Morgan fingerprint density at radius 1 is 1.24 bits per heavy atom. The Bertz CT molecular complexity index is 1290. The molecule has 0 saturated carbocycles. The van der Waals surface area contributed by atoms with E-state index in [1.54, 1.807) is 24.3 Å². The van der Waals surface area contributed by atoms with Crippen molar-refractivity contribution in [3.8, 4) is 16.9 Å².